The highest BCUT2D eigenvalue weighted by Gasteiger charge is 2.30. The topological polar surface area (TPSA) is 82.5 Å². The van der Waals surface area contributed by atoms with Gasteiger partial charge in [0.15, 0.2) is 5.65 Å². The Labute approximate surface area is 136 Å². The van der Waals surface area contributed by atoms with E-state index in [1.165, 1.54) is 4.90 Å². The largest absolute Gasteiger partial charge is 0.465 e. The summed E-state index contributed by atoms with van der Waals surface area (Å²) in [6, 6.07) is 3.48. The molecule has 1 saturated heterocycles. The molecular weight excluding hydrogens is 329 g/mol. The fraction of sp³-hybridized carbons (Fsp3) is 0.385. The second-order valence-electron chi connectivity index (χ2n) is 5.10. The second-order valence-corrected chi connectivity index (χ2v) is 5.83. The molecular formula is C13H13Cl2N5O2. The van der Waals surface area contributed by atoms with Crippen LogP contribution in [0, 0.1) is 0 Å². The lowest BCUT2D eigenvalue weighted by molar-refractivity contribution is 0.155. The Bertz CT molecular complexity index is 736. The fourth-order valence-electron chi connectivity index (χ4n) is 2.62. The summed E-state index contributed by atoms with van der Waals surface area (Å²) >= 11 is 11.9. The zero-order valence-electron chi connectivity index (χ0n) is 11.7. The number of nitrogens with zero attached hydrogens (tertiary/aromatic N) is 5. The first-order valence-corrected chi connectivity index (χ1v) is 7.42. The van der Waals surface area contributed by atoms with Gasteiger partial charge in [-0.15, -0.1) is 0 Å². The summed E-state index contributed by atoms with van der Waals surface area (Å²) in [7, 11) is 1.86. The molecule has 7 nitrogen and oxygen atoms in total. The highest BCUT2D eigenvalue weighted by molar-refractivity contribution is 6.30. The van der Waals surface area contributed by atoms with E-state index in [1.807, 2.05) is 11.9 Å². The molecule has 3 heterocycles. The number of aromatic nitrogens is 3. The molecule has 1 N–H and O–H groups in total. The molecule has 0 radical (unpaired) electrons. The lowest BCUT2D eigenvalue weighted by Crippen LogP contribution is -2.36. The van der Waals surface area contributed by atoms with Gasteiger partial charge in [-0.2, -0.15) is 9.97 Å². The van der Waals surface area contributed by atoms with Gasteiger partial charge in [0, 0.05) is 26.2 Å². The van der Waals surface area contributed by atoms with Crippen molar-refractivity contribution in [2.45, 2.75) is 12.5 Å². The molecule has 1 amide bonds. The van der Waals surface area contributed by atoms with Gasteiger partial charge in [0.05, 0.1) is 5.39 Å². The van der Waals surface area contributed by atoms with Crippen LogP contribution in [0.2, 0.25) is 10.4 Å². The van der Waals surface area contributed by atoms with Gasteiger partial charge in [0.25, 0.3) is 0 Å². The van der Waals surface area contributed by atoms with E-state index in [1.54, 1.807) is 12.1 Å². The average molecular weight is 342 g/mol. The van der Waals surface area contributed by atoms with Crippen LogP contribution in [0.3, 0.4) is 0 Å². The van der Waals surface area contributed by atoms with Crippen molar-refractivity contribution >= 4 is 46.1 Å². The van der Waals surface area contributed by atoms with Gasteiger partial charge in [-0.3, -0.25) is 0 Å². The van der Waals surface area contributed by atoms with Gasteiger partial charge in [-0.05, 0) is 30.2 Å². The van der Waals surface area contributed by atoms with Crippen LogP contribution in [0.4, 0.5) is 10.6 Å². The smallest absolute Gasteiger partial charge is 0.407 e. The van der Waals surface area contributed by atoms with Gasteiger partial charge in [-0.1, -0.05) is 11.6 Å². The highest BCUT2D eigenvalue weighted by atomic mass is 35.5. The molecule has 0 saturated carbocycles. The predicted molar refractivity (Wildman–Crippen MR) is 83.8 cm³/mol. The number of likely N-dealkylation sites (tertiary alicyclic amines) is 1. The third-order valence-electron chi connectivity index (χ3n) is 3.79. The Kier molecular flexibility index (Phi) is 3.92. The standard InChI is InChI=1S/C13H13Cl2N5O2/c1-19(7-4-5-20(6-7)13(21)22)11-8-2-3-9(14)16-10(8)17-12(15)18-11/h2-3,7H,4-6H2,1H3,(H,21,22). The molecule has 0 bridgehead atoms. The molecule has 3 rings (SSSR count). The van der Waals surface area contributed by atoms with Crippen LogP contribution in [-0.4, -0.2) is 57.2 Å². The highest BCUT2D eigenvalue weighted by Crippen LogP contribution is 2.28. The number of rotatable bonds is 2. The third-order valence-corrected chi connectivity index (χ3v) is 4.17. The number of likely N-dealkylation sites (N-methyl/N-ethyl adjacent to an activating group) is 1. The van der Waals surface area contributed by atoms with E-state index in [-0.39, 0.29) is 11.3 Å². The normalized spacial score (nSPS) is 18.0. The number of amides is 1. The van der Waals surface area contributed by atoms with Crippen molar-refractivity contribution in [2.75, 3.05) is 25.0 Å². The molecule has 22 heavy (non-hydrogen) atoms. The minimum atomic E-state index is -0.907. The summed E-state index contributed by atoms with van der Waals surface area (Å²) in [5.41, 5.74) is 0.419. The van der Waals surface area contributed by atoms with Gasteiger partial charge in [0.2, 0.25) is 5.28 Å². The van der Waals surface area contributed by atoms with Crippen molar-refractivity contribution in [2.24, 2.45) is 0 Å². The molecule has 2 aromatic rings. The zero-order valence-corrected chi connectivity index (χ0v) is 13.2. The average Bonchev–Trinajstić information content (AvgIpc) is 2.95. The van der Waals surface area contributed by atoms with Crippen molar-refractivity contribution in [3.8, 4) is 0 Å². The van der Waals surface area contributed by atoms with Crippen molar-refractivity contribution in [3.05, 3.63) is 22.6 Å². The first-order chi connectivity index (χ1) is 10.5. The maximum atomic E-state index is 11.0. The number of anilines is 1. The van der Waals surface area contributed by atoms with E-state index >= 15 is 0 Å². The fourth-order valence-corrected chi connectivity index (χ4v) is 2.92. The van der Waals surface area contributed by atoms with E-state index in [2.05, 4.69) is 15.0 Å². The summed E-state index contributed by atoms with van der Waals surface area (Å²) in [6.07, 6.45) is -0.178. The summed E-state index contributed by atoms with van der Waals surface area (Å²) in [5.74, 6) is 0.622. The van der Waals surface area contributed by atoms with Crippen LogP contribution >= 0.6 is 23.2 Å². The first kappa shape index (κ1) is 15.1. The Morgan fingerprint density at radius 3 is 2.82 bits per heavy atom. The first-order valence-electron chi connectivity index (χ1n) is 6.66. The Hall–Kier alpha value is -1.86. The van der Waals surface area contributed by atoms with E-state index in [4.69, 9.17) is 28.3 Å². The molecule has 0 aromatic carbocycles. The van der Waals surface area contributed by atoms with E-state index in [9.17, 15) is 4.79 Å². The van der Waals surface area contributed by atoms with Crippen LogP contribution < -0.4 is 4.90 Å². The van der Waals surface area contributed by atoms with Gasteiger partial charge in [-0.25, -0.2) is 9.78 Å². The summed E-state index contributed by atoms with van der Waals surface area (Å²) in [5, 5.41) is 10.2. The molecule has 1 aliphatic rings. The van der Waals surface area contributed by atoms with E-state index in [0.717, 1.165) is 11.8 Å². The summed E-state index contributed by atoms with van der Waals surface area (Å²) in [6.45, 7) is 0.932. The Balaban J connectivity index is 1.97. The SMILES string of the molecule is CN(c1nc(Cl)nc2nc(Cl)ccc12)C1CCN(C(=O)O)C1. The molecule has 2 aromatic heterocycles. The van der Waals surface area contributed by atoms with Crippen LogP contribution in [0.25, 0.3) is 11.0 Å². The van der Waals surface area contributed by atoms with Crippen LogP contribution in [0.1, 0.15) is 6.42 Å². The van der Waals surface area contributed by atoms with Crippen molar-refractivity contribution in [1.29, 1.82) is 0 Å². The minimum Gasteiger partial charge on any atom is -0.465 e. The number of hydrogen-bond donors (Lipinski definition) is 1. The lowest BCUT2D eigenvalue weighted by atomic mass is 10.2. The molecule has 9 heteroatoms. The third kappa shape index (κ3) is 2.74. The summed E-state index contributed by atoms with van der Waals surface area (Å²) < 4.78 is 0. The lowest BCUT2D eigenvalue weighted by Gasteiger charge is -2.26. The molecule has 1 aliphatic heterocycles. The van der Waals surface area contributed by atoms with Crippen LogP contribution in [0.15, 0.2) is 12.1 Å². The quantitative estimate of drug-likeness (QED) is 0.667. The second kappa shape index (κ2) is 5.73. The number of hydrogen-bond acceptors (Lipinski definition) is 5. The van der Waals surface area contributed by atoms with Gasteiger partial charge >= 0.3 is 6.09 Å². The predicted octanol–water partition coefficient (Wildman–Crippen LogP) is 2.52. The van der Waals surface area contributed by atoms with Crippen molar-refractivity contribution in [3.63, 3.8) is 0 Å². The van der Waals surface area contributed by atoms with Crippen molar-refractivity contribution < 1.29 is 9.90 Å². The molecule has 1 atom stereocenters. The molecule has 0 spiro atoms. The minimum absolute atomic E-state index is 0.0287. The number of carboxylic acid groups (broad SMARTS) is 1. The number of fused-ring (bicyclic) bond motifs is 1. The monoisotopic (exact) mass is 341 g/mol. The van der Waals surface area contributed by atoms with Crippen LogP contribution in [0.5, 0.6) is 0 Å². The molecule has 0 aliphatic carbocycles. The van der Waals surface area contributed by atoms with E-state index < -0.39 is 6.09 Å². The van der Waals surface area contributed by atoms with Crippen LogP contribution in [-0.2, 0) is 0 Å². The maximum absolute atomic E-state index is 11.0. The maximum Gasteiger partial charge on any atom is 0.407 e. The van der Waals surface area contributed by atoms with Gasteiger partial charge < -0.3 is 14.9 Å². The molecule has 1 fully saturated rings. The Morgan fingerprint density at radius 1 is 1.36 bits per heavy atom. The van der Waals surface area contributed by atoms with Gasteiger partial charge in [0.1, 0.15) is 11.0 Å². The summed E-state index contributed by atoms with van der Waals surface area (Å²) in [4.78, 5) is 26.9. The number of pyridine rings is 1. The van der Waals surface area contributed by atoms with Crippen molar-refractivity contribution in [1.82, 2.24) is 19.9 Å². The molecule has 116 valence electrons. The zero-order chi connectivity index (χ0) is 15.9. The number of carbonyl (C=O) groups is 1. The van der Waals surface area contributed by atoms with E-state index in [0.29, 0.717) is 29.7 Å². The Morgan fingerprint density at radius 2 is 2.14 bits per heavy atom. The number of halogens is 2. The molecule has 1 unspecified atom stereocenters.